The van der Waals surface area contributed by atoms with Crippen molar-refractivity contribution < 1.29 is 40.3 Å². The maximum Gasteiger partial charge on any atom is 0.476 e. The molecule has 0 saturated carbocycles. The summed E-state index contributed by atoms with van der Waals surface area (Å²) < 4.78 is 86.4. The zero-order valence-corrected chi connectivity index (χ0v) is 7.67. The van der Waals surface area contributed by atoms with Gasteiger partial charge in [-0.05, 0) is 6.92 Å². The molecule has 0 unspecified atom stereocenters. The molecule has 0 radical (unpaired) electrons. The Bertz CT molecular complexity index is 304. The number of halogens is 7. The van der Waals surface area contributed by atoms with Gasteiger partial charge in [-0.2, -0.15) is 30.7 Å². The minimum absolute atomic E-state index is 0.738. The second-order valence-corrected chi connectivity index (χ2v) is 2.76. The Hall–Kier alpha value is -1.28. The lowest BCUT2D eigenvalue weighted by molar-refractivity contribution is -0.411. The molecule has 0 bridgehead atoms. The summed E-state index contributed by atoms with van der Waals surface area (Å²) in [7, 11) is 0. The van der Waals surface area contributed by atoms with Gasteiger partial charge in [-0.15, -0.1) is 0 Å². The Morgan fingerprint density at radius 1 is 1.06 bits per heavy atom. The molecule has 0 heterocycles. The first-order valence-electron chi connectivity index (χ1n) is 3.54. The van der Waals surface area contributed by atoms with Gasteiger partial charge >= 0.3 is 24.2 Å². The third kappa shape index (κ3) is 2.64. The fourth-order valence-corrected chi connectivity index (χ4v) is 0.433. The van der Waals surface area contributed by atoms with Gasteiger partial charge in [0.15, 0.2) is 0 Å². The van der Waals surface area contributed by atoms with E-state index in [0.29, 0.717) is 0 Å². The van der Waals surface area contributed by atoms with Crippen molar-refractivity contribution in [3.05, 3.63) is 12.2 Å². The van der Waals surface area contributed by atoms with Crippen molar-refractivity contribution >= 4 is 5.97 Å². The van der Waals surface area contributed by atoms with E-state index in [4.69, 9.17) is 0 Å². The smallest absolute Gasteiger partial charge is 0.392 e. The van der Waals surface area contributed by atoms with E-state index >= 15 is 0 Å². The van der Waals surface area contributed by atoms with Crippen molar-refractivity contribution in [1.29, 1.82) is 0 Å². The summed E-state index contributed by atoms with van der Waals surface area (Å²) in [6.07, 6.45) is -12.5. The topological polar surface area (TPSA) is 26.3 Å². The van der Waals surface area contributed by atoms with Crippen LogP contribution in [0.3, 0.4) is 0 Å². The van der Waals surface area contributed by atoms with Crippen LogP contribution in [0.4, 0.5) is 30.7 Å². The van der Waals surface area contributed by atoms with E-state index in [1.54, 1.807) is 0 Å². The van der Waals surface area contributed by atoms with E-state index in [1.165, 1.54) is 0 Å². The van der Waals surface area contributed by atoms with Crippen LogP contribution in [0.25, 0.3) is 0 Å². The van der Waals surface area contributed by atoms with Gasteiger partial charge in [-0.3, -0.25) is 0 Å². The summed E-state index contributed by atoms with van der Waals surface area (Å²) >= 11 is 0. The Morgan fingerprint density at radius 2 is 1.44 bits per heavy atom. The van der Waals surface area contributed by atoms with Gasteiger partial charge in [0.2, 0.25) is 0 Å². The predicted molar refractivity (Wildman–Crippen MR) is 36.9 cm³/mol. The number of hydrogen-bond acceptors (Lipinski definition) is 2. The van der Waals surface area contributed by atoms with Crippen LogP contribution in [0.15, 0.2) is 12.2 Å². The predicted octanol–water partition coefficient (Wildman–Crippen LogP) is 2.90. The third-order valence-corrected chi connectivity index (χ3v) is 1.29. The van der Waals surface area contributed by atoms with E-state index in [0.717, 1.165) is 6.92 Å². The van der Waals surface area contributed by atoms with E-state index < -0.39 is 29.7 Å². The van der Waals surface area contributed by atoms with Crippen LogP contribution in [0.1, 0.15) is 6.92 Å². The average Bonchev–Trinajstić information content (AvgIpc) is 2.00. The van der Waals surface area contributed by atoms with Gasteiger partial charge in [0, 0.05) is 5.57 Å². The number of carbonyl (C=O) groups is 1. The van der Waals surface area contributed by atoms with Gasteiger partial charge in [0.1, 0.15) is 0 Å². The zero-order chi connectivity index (χ0) is 13.4. The van der Waals surface area contributed by atoms with Crippen LogP contribution < -0.4 is 0 Å². The summed E-state index contributed by atoms with van der Waals surface area (Å²) in [4.78, 5) is 10.4. The van der Waals surface area contributed by atoms with Crippen LogP contribution in [0.2, 0.25) is 0 Å². The Morgan fingerprint density at radius 3 is 1.69 bits per heavy atom. The van der Waals surface area contributed by atoms with E-state index in [9.17, 15) is 35.5 Å². The molecule has 2 nitrogen and oxygen atoms in total. The normalized spacial score (nSPS) is 13.5. The zero-order valence-electron chi connectivity index (χ0n) is 7.67. The molecule has 0 aromatic carbocycles. The lowest BCUT2D eigenvalue weighted by Gasteiger charge is -2.26. The van der Waals surface area contributed by atoms with Gasteiger partial charge < -0.3 is 4.74 Å². The first-order valence-corrected chi connectivity index (χ1v) is 3.54. The molecular weight excluding hydrogens is 249 g/mol. The summed E-state index contributed by atoms with van der Waals surface area (Å²) in [5.74, 6) is -8.51. The second kappa shape index (κ2) is 3.95. The van der Waals surface area contributed by atoms with Gasteiger partial charge in [-0.25, -0.2) is 4.79 Å². The molecule has 0 saturated heterocycles. The minimum atomic E-state index is -6.54. The van der Waals surface area contributed by atoms with Crippen molar-refractivity contribution in [1.82, 2.24) is 0 Å². The third-order valence-electron chi connectivity index (χ3n) is 1.29. The maximum atomic E-state index is 12.4. The molecule has 0 aliphatic heterocycles. The lowest BCUT2D eigenvalue weighted by Crippen LogP contribution is -2.54. The molecule has 0 aliphatic carbocycles. The highest BCUT2D eigenvalue weighted by molar-refractivity contribution is 5.87. The molecule has 0 aliphatic rings. The molecule has 16 heavy (non-hydrogen) atoms. The van der Waals surface area contributed by atoms with Gasteiger partial charge in [-0.1, -0.05) is 6.58 Å². The fourth-order valence-electron chi connectivity index (χ4n) is 0.433. The number of alkyl halides is 7. The molecular formula is C7H5F7O2. The quantitative estimate of drug-likeness (QED) is 0.439. The Labute approximate surface area is 84.7 Å². The van der Waals surface area contributed by atoms with Crippen LogP contribution in [-0.2, 0) is 9.53 Å². The number of ether oxygens (including phenoxy) is 1. The number of hydrogen-bond donors (Lipinski definition) is 0. The van der Waals surface area contributed by atoms with Crippen molar-refractivity contribution in [2.75, 3.05) is 0 Å². The highest BCUT2D eigenvalue weighted by Crippen LogP contribution is 2.47. The second-order valence-electron chi connectivity index (χ2n) is 2.76. The van der Waals surface area contributed by atoms with E-state index in [2.05, 4.69) is 11.3 Å². The molecule has 0 fully saturated rings. The lowest BCUT2D eigenvalue weighted by atomic mass is 10.3. The molecule has 0 aromatic rings. The number of rotatable bonds is 3. The largest absolute Gasteiger partial charge is 0.476 e. The monoisotopic (exact) mass is 254 g/mol. The molecule has 0 spiro atoms. The van der Waals surface area contributed by atoms with Crippen molar-refractivity contribution in [3.8, 4) is 0 Å². The molecule has 0 atom stereocenters. The Kier molecular flexibility index (Phi) is 3.63. The molecule has 0 rings (SSSR count). The minimum Gasteiger partial charge on any atom is -0.392 e. The molecule has 94 valence electrons. The Balaban J connectivity index is 5.06. The van der Waals surface area contributed by atoms with Crippen LogP contribution >= 0.6 is 0 Å². The molecule has 0 amide bonds. The molecule has 0 N–H and O–H groups in total. The summed E-state index contributed by atoms with van der Waals surface area (Å²) in [5, 5.41) is 0. The summed E-state index contributed by atoms with van der Waals surface area (Å²) in [6, 6.07) is 0. The van der Waals surface area contributed by atoms with Gasteiger partial charge in [0.25, 0.3) is 0 Å². The van der Waals surface area contributed by atoms with Crippen LogP contribution in [-0.4, -0.2) is 24.2 Å². The summed E-state index contributed by atoms with van der Waals surface area (Å²) in [6.45, 7) is 3.56. The maximum absolute atomic E-state index is 12.4. The highest BCUT2D eigenvalue weighted by Gasteiger charge is 2.76. The SMILES string of the molecule is C=C(C)C(=O)OC(F)(F)C(F)(F)C(F)(F)F. The number of esters is 1. The first-order chi connectivity index (χ1) is 6.83. The molecule has 9 heteroatoms. The highest BCUT2D eigenvalue weighted by atomic mass is 19.4. The average molecular weight is 254 g/mol. The van der Waals surface area contributed by atoms with Crippen molar-refractivity contribution in [2.45, 2.75) is 25.1 Å². The van der Waals surface area contributed by atoms with Crippen LogP contribution in [0, 0.1) is 0 Å². The van der Waals surface area contributed by atoms with E-state index in [1.807, 2.05) is 0 Å². The summed E-state index contributed by atoms with van der Waals surface area (Å²) in [5.41, 5.74) is -0.738. The number of carbonyl (C=O) groups excluding carboxylic acids is 1. The first kappa shape index (κ1) is 14.7. The molecule has 0 aromatic heterocycles. The fraction of sp³-hybridized carbons (Fsp3) is 0.571. The van der Waals surface area contributed by atoms with E-state index in [-0.39, 0.29) is 0 Å². The van der Waals surface area contributed by atoms with Crippen LogP contribution in [0.5, 0.6) is 0 Å². The van der Waals surface area contributed by atoms with Gasteiger partial charge in [0.05, 0.1) is 0 Å². The van der Waals surface area contributed by atoms with Crippen molar-refractivity contribution in [3.63, 3.8) is 0 Å². The standard InChI is InChI=1S/C7H5F7O2/c1-3(2)4(15)16-7(13,14)5(8,9)6(10,11)12/h1H2,2H3. The van der Waals surface area contributed by atoms with Crippen molar-refractivity contribution in [2.24, 2.45) is 0 Å².